The highest BCUT2D eigenvalue weighted by molar-refractivity contribution is 6.05. The summed E-state index contributed by atoms with van der Waals surface area (Å²) in [6, 6.07) is 5.21. The van der Waals surface area contributed by atoms with E-state index in [1.54, 1.807) is 17.2 Å². The fourth-order valence-corrected chi connectivity index (χ4v) is 4.87. The van der Waals surface area contributed by atoms with Crippen LogP contribution in [-0.4, -0.2) is 62.7 Å². The molecule has 2 saturated heterocycles. The Morgan fingerprint density at radius 3 is 2.88 bits per heavy atom. The Balaban J connectivity index is 1.23. The molecule has 1 aromatic carbocycles. The lowest BCUT2D eigenvalue weighted by atomic mass is 10.0. The number of aromatic amines is 1. The maximum Gasteiger partial charge on any atom is 0.255 e. The van der Waals surface area contributed by atoms with Gasteiger partial charge in [-0.1, -0.05) is 6.42 Å². The van der Waals surface area contributed by atoms with Gasteiger partial charge in [0.2, 0.25) is 11.8 Å². The van der Waals surface area contributed by atoms with Gasteiger partial charge in [-0.05, 0) is 49.6 Å². The van der Waals surface area contributed by atoms with Gasteiger partial charge in [0, 0.05) is 37.0 Å². The summed E-state index contributed by atoms with van der Waals surface area (Å²) < 4.78 is 6.15. The lowest BCUT2D eigenvalue weighted by Crippen LogP contribution is -2.52. The lowest BCUT2D eigenvalue weighted by molar-refractivity contribution is -0.136. The number of likely N-dealkylation sites (tertiary alicyclic amines) is 1. The maximum atomic E-state index is 12.8. The van der Waals surface area contributed by atoms with Gasteiger partial charge in [-0.2, -0.15) is 0 Å². The van der Waals surface area contributed by atoms with Gasteiger partial charge in [0.1, 0.15) is 24.2 Å². The van der Waals surface area contributed by atoms with Crippen LogP contribution in [0.25, 0.3) is 0 Å². The third kappa shape index (κ3) is 4.12. The fourth-order valence-electron chi connectivity index (χ4n) is 4.87. The van der Waals surface area contributed by atoms with Gasteiger partial charge in [0.25, 0.3) is 5.91 Å². The second-order valence-electron chi connectivity index (χ2n) is 8.69. The molecule has 0 bridgehead atoms. The summed E-state index contributed by atoms with van der Waals surface area (Å²) in [5, 5.41) is 2.33. The molecule has 2 aromatic rings. The normalized spacial score (nSPS) is 23.9. The summed E-state index contributed by atoms with van der Waals surface area (Å²) in [7, 11) is 0. The molecule has 0 aliphatic carbocycles. The molecule has 2 N–H and O–H groups in total. The number of piperidine rings is 2. The van der Waals surface area contributed by atoms with Gasteiger partial charge in [-0.15, -0.1) is 0 Å². The molecule has 0 radical (unpaired) electrons. The second-order valence-corrected chi connectivity index (χ2v) is 8.69. The summed E-state index contributed by atoms with van der Waals surface area (Å²) in [4.78, 5) is 48.0. The minimum absolute atomic E-state index is 0.169. The van der Waals surface area contributed by atoms with E-state index in [1.165, 1.54) is 12.8 Å². The van der Waals surface area contributed by atoms with E-state index in [1.807, 2.05) is 18.3 Å². The first-order valence-corrected chi connectivity index (χ1v) is 11.2. The minimum atomic E-state index is -0.602. The van der Waals surface area contributed by atoms with Crippen LogP contribution < -0.4 is 10.1 Å². The van der Waals surface area contributed by atoms with Crippen LogP contribution in [0.4, 0.5) is 0 Å². The summed E-state index contributed by atoms with van der Waals surface area (Å²) in [5.41, 5.74) is 1.45. The molecule has 4 heterocycles. The molecular weight excluding hydrogens is 410 g/mol. The topological polar surface area (TPSA) is 108 Å². The summed E-state index contributed by atoms with van der Waals surface area (Å²) in [5.74, 6) is 0.840. The smallest absolute Gasteiger partial charge is 0.255 e. The number of hydrogen-bond donors (Lipinski definition) is 2. The zero-order chi connectivity index (χ0) is 22.1. The van der Waals surface area contributed by atoms with E-state index in [0.29, 0.717) is 31.2 Å². The lowest BCUT2D eigenvalue weighted by Gasteiger charge is -2.34. The highest BCUT2D eigenvalue weighted by Gasteiger charge is 2.39. The molecule has 0 spiro atoms. The van der Waals surface area contributed by atoms with Crippen LogP contribution in [0, 0.1) is 0 Å². The molecule has 1 aromatic heterocycles. The molecule has 32 heavy (non-hydrogen) atoms. The number of benzene rings is 1. The standard InChI is InChI=1S/C23H27N5O4/c29-21-7-6-19(22(30)26-21)28-12-15-11-17(4-5-18(15)23(28)31)32-14-16-3-1-2-10-27(16)13-20-24-8-9-25-20/h4-5,8-9,11,16,19H,1-3,6-7,10,12-14H2,(H,24,25)(H,26,29,30)/t16-,19+/m0/s1. The Bertz CT molecular complexity index is 1020. The van der Waals surface area contributed by atoms with Crippen molar-refractivity contribution in [2.75, 3.05) is 13.2 Å². The predicted octanol–water partition coefficient (Wildman–Crippen LogP) is 1.60. The third-order valence-corrected chi connectivity index (χ3v) is 6.59. The molecule has 3 aliphatic heterocycles. The van der Waals surface area contributed by atoms with Crippen LogP contribution in [0.2, 0.25) is 0 Å². The van der Waals surface area contributed by atoms with Crippen LogP contribution in [-0.2, 0) is 22.7 Å². The highest BCUT2D eigenvalue weighted by Crippen LogP contribution is 2.30. The number of imide groups is 1. The van der Waals surface area contributed by atoms with Crippen molar-refractivity contribution in [3.05, 3.63) is 47.5 Å². The Labute approximate surface area is 186 Å². The quantitative estimate of drug-likeness (QED) is 0.665. The van der Waals surface area contributed by atoms with Gasteiger partial charge in [-0.3, -0.25) is 24.6 Å². The first kappa shape index (κ1) is 20.7. The van der Waals surface area contributed by atoms with Crippen LogP contribution >= 0.6 is 0 Å². The van der Waals surface area contributed by atoms with Crippen molar-refractivity contribution in [1.82, 2.24) is 25.1 Å². The highest BCUT2D eigenvalue weighted by atomic mass is 16.5. The SMILES string of the molecule is O=C1CC[C@@H](N2Cc3cc(OC[C@@H]4CCCCN4Cc4ncc[nH]4)ccc3C2=O)C(=O)N1. The van der Waals surface area contributed by atoms with Crippen molar-refractivity contribution in [2.24, 2.45) is 0 Å². The van der Waals surface area contributed by atoms with E-state index in [4.69, 9.17) is 4.74 Å². The molecule has 3 amide bonds. The minimum Gasteiger partial charge on any atom is -0.492 e. The number of aromatic nitrogens is 2. The van der Waals surface area contributed by atoms with E-state index >= 15 is 0 Å². The maximum absolute atomic E-state index is 12.8. The van der Waals surface area contributed by atoms with Crippen molar-refractivity contribution >= 4 is 17.7 Å². The molecule has 3 aliphatic rings. The fraction of sp³-hybridized carbons (Fsp3) is 0.478. The number of amides is 3. The zero-order valence-electron chi connectivity index (χ0n) is 17.9. The first-order valence-electron chi connectivity index (χ1n) is 11.2. The van der Waals surface area contributed by atoms with Crippen molar-refractivity contribution in [3.63, 3.8) is 0 Å². The van der Waals surface area contributed by atoms with E-state index in [0.717, 1.165) is 36.6 Å². The molecule has 2 atom stereocenters. The molecule has 5 rings (SSSR count). The van der Waals surface area contributed by atoms with Gasteiger partial charge in [0.05, 0.1) is 6.54 Å². The zero-order valence-corrected chi connectivity index (χ0v) is 17.9. The summed E-state index contributed by atoms with van der Waals surface area (Å²) in [6.07, 6.45) is 7.66. The Morgan fingerprint density at radius 2 is 2.06 bits per heavy atom. The van der Waals surface area contributed by atoms with Crippen molar-refractivity contribution in [1.29, 1.82) is 0 Å². The van der Waals surface area contributed by atoms with E-state index in [-0.39, 0.29) is 18.2 Å². The van der Waals surface area contributed by atoms with Gasteiger partial charge in [0.15, 0.2) is 0 Å². The molecule has 9 heteroatoms. The Morgan fingerprint density at radius 1 is 1.16 bits per heavy atom. The second kappa shape index (κ2) is 8.74. The van der Waals surface area contributed by atoms with E-state index in [2.05, 4.69) is 20.2 Å². The van der Waals surface area contributed by atoms with Crippen LogP contribution in [0.15, 0.2) is 30.6 Å². The first-order chi connectivity index (χ1) is 15.6. The summed E-state index contributed by atoms with van der Waals surface area (Å²) >= 11 is 0. The van der Waals surface area contributed by atoms with Crippen LogP contribution in [0.3, 0.4) is 0 Å². The van der Waals surface area contributed by atoms with Gasteiger partial charge >= 0.3 is 0 Å². The Hall–Kier alpha value is -3.20. The molecule has 0 saturated carbocycles. The van der Waals surface area contributed by atoms with Crippen molar-refractivity contribution in [2.45, 2.75) is 57.3 Å². The van der Waals surface area contributed by atoms with Crippen molar-refractivity contribution < 1.29 is 19.1 Å². The van der Waals surface area contributed by atoms with Crippen LogP contribution in [0.5, 0.6) is 5.75 Å². The number of nitrogens with one attached hydrogen (secondary N) is 2. The molecule has 9 nitrogen and oxygen atoms in total. The molecule has 2 fully saturated rings. The van der Waals surface area contributed by atoms with E-state index < -0.39 is 11.9 Å². The molecular formula is C23H27N5O4. The monoisotopic (exact) mass is 437 g/mol. The number of carbonyl (C=O) groups excluding carboxylic acids is 3. The number of hydrogen-bond acceptors (Lipinski definition) is 6. The van der Waals surface area contributed by atoms with E-state index in [9.17, 15) is 14.4 Å². The number of H-pyrrole nitrogens is 1. The number of nitrogens with zero attached hydrogens (tertiary/aromatic N) is 3. The largest absolute Gasteiger partial charge is 0.492 e. The molecule has 168 valence electrons. The van der Waals surface area contributed by atoms with Crippen molar-refractivity contribution in [3.8, 4) is 5.75 Å². The average molecular weight is 438 g/mol. The predicted molar refractivity (Wildman–Crippen MR) is 115 cm³/mol. The number of ether oxygens (including phenoxy) is 1. The number of carbonyl (C=O) groups is 3. The Kier molecular flexibility index (Phi) is 5.65. The average Bonchev–Trinajstić information content (AvgIpc) is 3.41. The van der Waals surface area contributed by atoms with Gasteiger partial charge < -0.3 is 14.6 Å². The number of imidazole rings is 1. The molecule has 0 unspecified atom stereocenters. The van der Waals surface area contributed by atoms with Gasteiger partial charge in [-0.25, -0.2) is 4.98 Å². The third-order valence-electron chi connectivity index (χ3n) is 6.59. The van der Waals surface area contributed by atoms with Crippen LogP contribution in [0.1, 0.15) is 53.8 Å². The number of rotatable bonds is 6. The summed E-state index contributed by atoms with van der Waals surface area (Å²) in [6.45, 7) is 2.73. The number of fused-ring (bicyclic) bond motifs is 1.